The number of primary amides is 1. The van der Waals surface area contributed by atoms with E-state index in [1.54, 1.807) is 19.4 Å². The molecule has 6 heteroatoms. The van der Waals surface area contributed by atoms with Crippen LogP contribution in [0.3, 0.4) is 0 Å². The van der Waals surface area contributed by atoms with Crippen LogP contribution in [0.15, 0.2) is 102 Å². The molecular weight excluding hydrogens is 464 g/mol. The highest BCUT2D eigenvalue weighted by atomic mass is 16.5. The molecule has 0 unspecified atom stereocenters. The lowest BCUT2D eigenvalue weighted by Crippen LogP contribution is -2.30. The molecule has 1 heterocycles. The van der Waals surface area contributed by atoms with Crippen molar-refractivity contribution in [3.05, 3.63) is 120 Å². The first kappa shape index (κ1) is 26.0. The third kappa shape index (κ3) is 7.72. The van der Waals surface area contributed by atoms with Crippen LogP contribution >= 0.6 is 0 Å². The molecule has 4 aromatic rings. The van der Waals surface area contributed by atoms with E-state index in [9.17, 15) is 4.79 Å². The summed E-state index contributed by atoms with van der Waals surface area (Å²) in [5.74, 6) is 2.04. The van der Waals surface area contributed by atoms with Gasteiger partial charge in [0.15, 0.2) is 11.5 Å². The van der Waals surface area contributed by atoms with Crippen molar-refractivity contribution < 1.29 is 18.7 Å². The molecule has 1 aromatic heterocycles. The van der Waals surface area contributed by atoms with Crippen LogP contribution in [-0.2, 0) is 17.8 Å². The number of nitrogens with zero attached hydrogens (tertiary/aromatic N) is 1. The number of furan rings is 1. The Bertz CT molecular complexity index is 1190. The molecule has 0 radical (unpaired) electrons. The first-order chi connectivity index (χ1) is 18.1. The van der Waals surface area contributed by atoms with Crippen LogP contribution in [0, 0.1) is 0 Å². The second kappa shape index (κ2) is 13.3. The fourth-order valence-corrected chi connectivity index (χ4v) is 4.50. The predicted molar refractivity (Wildman–Crippen MR) is 145 cm³/mol. The summed E-state index contributed by atoms with van der Waals surface area (Å²) < 4.78 is 17.2. The second-order valence-electron chi connectivity index (χ2n) is 9.02. The van der Waals surface area contributed by atoms with Gasteiger partial charge in [-0.2, -0.15) is 0 Å². The number of carbonyl (C=O) groups excluding carboxylic acids is 1. The molecule has 192 valence electrons. The van der Waals surface area contributed by atoms with Gasteiger partial charge in [0.25, 0.3) is 0 Å². The van der Waals surface area contributed by atoms with E-state index in [1.165, 1.54) is 11.1 Å². The summed E-state index contributed by atoms with van der Waals surface area (Å²) in [5.41, 5.74) is 8.69. The van der Waals surface area contributed by atoms with Gasteiger partial charge < -0.3 is 19.6 Å². The molecule has 3 aromatic carbocycles. The zero-order chi connectivity index (χ0) is 25.9. The van der Waals surface area contributed by atoms with Crippen LogP contribution < -0.4 is 15.2 Å². The highest BCUT2D eigenvalue weighted by Crippen LogP contribution is 2.29. The Morgan fingerprint density at radius 2 is 1.62 bits per heavy atom. The highest BCUT2D eigenvalue weighted by Gasteiger charge is 2.19. The van der Waals surface area contributed by atoms with Crippen LogP contribution in [-0.4, -0.2) is 37.6 Å². The maximum Gasteiger partial charge on any atom is 0.221 e. The lowest BCUT2D eigenvalue weighted by Gasteiger charge is -2.28. The van der Waals surface area contributed by atoms with Gasteiger partial charge in [-0.05, 0) is 47.4 Å². The Morgan fingerprint density at radius 3 is 2.22 bits per heavy atom. The number of carbonyl (C=O) groups is 1. The van der Waals surface area contributed by atoms with Gasteiger partial charge in [-0.15, -0.1) is 0 Å². The molecule has 4 rings (SSSR count). The average Bonchev–Trinajstić information content (AvgIpc) is 3.43. The monoisotopic (exact) mass is 498 g/mol. The Balaban J connectivity index is 1.43. The molecule has 2 N–H and O–H groups in total. The minimum absolute atomic E-state index is 0.169. The van der Waals surface area contributed by atoms with E-state index in [1.807, 2.05) is 24.3 Å². The third-order valence-electron chi connectivity index (χ3n) is 6.29. The van der Waals surface area contributed by atoms with Crippen molar-refractivity contribution in [3.8, 4) is 11.5 Å². The largest absolute Gasteiger partial charge is 0.493 e. The Labute approximate surface area is 218 Å². The Morgan fingerprint density at radius 1 is 0.919 bits per heavy atom. The van der Waals surface area contributed by atoms with Gasteiger partial charge in [0, 0.05) is 19.0 Å². The zero-order valence-corrected chi connectivity index (χ0v) is 21.2. The Kier molecular flexibility index (Phi) is 9.38. The van der Waals surface area contributed by atoms with E-state index in [4.69, 9.17) is 19.6 Å². The molecule has 0 saturated heterocycles. The number of rotatable bonds is 14. The molecule has 0 saturated carbocycles. The molecule has 37 heavy (non-hydrogen) atoms. The summed E-state index contributed by atoms with van der Waals surface area (Å²) in [6, 6.07) is 30.7. The van der Waals surface area contributed by atoms with Crippen LogP contribution in [0.25, 0.3) is 0 Å². The zero-order valence-electron chi connectivity index (χ0n) is 21.2. The van der Waals surface area contributed by atoms with Crippen molar-refractivity contribution in [2.75, 3.05) is 26.8 Å². The van der Waals surface area contributed by atoms with Crippen molar-refractivity contribution in [2.24, 2.45) is 5.73 Å². The van der Waals surface area contributed by atoms with Gasteiger partial charge in [0.05, 0.1) is 32.9 Å². The molecular formula is C31H34N2O4. The van der Waals surface area contributed by atoms with E-state index >= 15 is 0 Å². The van der Waals surface area contributed by atoms with Crippen molar-refractivity contribution in [2.45, 2.75) is 25.3 Å². The van der Waals surface area contributed by atoms with E-state index in [2.05, 4.69) is 65.6 Å². The predicted octanol–water partition coefficient (Wildman–Crippen LogP) is 5.42. The highest BCUT2D eigenvalue weighted by molar-refractivity contribution is 5.76. The molecule has 0 aliphatic carbocycles. The van der Waals surface area contributed by atoms with Crippen molar-refractivity contribution in [3.63, 3.8) is 0 Å². The summed E-state index contributed by atoms with van der Waals surface area (Å²) in [6.07, 6.45) is 2.71. The second-order valence-corrected chi connectivity index (χ2v) is 9.02. The molecule has 0 aliphatic rings. The first-order valence-corrected chi connectivity index (χ1v) is 12.5. The minimum atomic E-state index is -0.378. The molecule has 0 fully saturated rings. The van der Waals surface area contributed by atoms with Crippen LogP contribution in [0.5, 0.6) is 11.5 Å². The third-order valence-corrected chi connectivity index (χ3v) is 6.29. The molecule has 0 spiro atoms. The summed E-state index contributed by atoms with van der Waals surface area (Å²) in [4.78, 5) is 13.7. The Hall–Kier alpha value is -4.03. The smallest absolute Gasteiger partial charge is 0.221 e. The van der Waals surface area contributed by atoms with E-state index in [-0.39, 0.29) is 18.2 Å². The standard InChI is InChI=1S/C31H34N2O4/c1-35-30-20-24(21-31(32)34)15-16-29(30)37-19-9-17-33(22-27-14-8-18-36-27)23-28(25-10-4-2-5-11-25)26-12-6-3-7-13-26/h2-8,10-16,18,20,28H,9,17,19,21-23H2,1H3,(H2,32,34). The van der Waals surface area contributed by atoms with E-state index < -0.39 is 0 Å². The number of amides is 1. The summed E-state index contributed by atoms with van der Waals surface area (Å²) in [6.45, 7) is 2.93. The van der Waals surface area contributed by atoms with Gasteiger partial charge >= 0.3 is 0 Å². The molecule has 1 amide bonds. The van der Waals surface area contributed by atoms with Crippen LogP contribution in [0.2, 0.25) is 0 Å². The topological polar surface area (TPSA) is 77.9 Å². The average molecular weight is 499 g/mol. The van der Waals surface area contributed by atoms with Crippen LogP contribution in [0.1, 0.15) is 34.8 Å². The van der Waals surface area contributed by atoms with Gasteiger partial charge in [-0.3, -0.25) is 9.69 Å². The molecule has 0 aliphatic heterocycles. The SMILES string of the molecule is COc1cc(CC(N)=O)ccc1OCCCN(Cc1ccco1)CC(c1ccccc1)c1ccccc1. The van der Waals surface area contributed by atoms with Crippen molar-refractivity contribution in [1.29, 1.82) is 0 Å². The van der Waals surface area contributed by atoms with Gasteiger partial charge in [-0.25, -0.2) is 0 Å². The number of ether oxygens (including phenoxy) is 2. The molecule has 0 bridgehead atoms. The summed E-state index contributed by atoms with van der Waals surface area (Å²) >= 11 is 0. The van der Waals surface area contributed by atoms with Gasteiger partial charge in [0.1, 0.15) is 5.76 Å². The van der Waals surface area contributed by atoms with Gasteiger partial charge in [-0.1, -0.05) is 66.7 Å². The first-order valence-electron chi connectivity index (χ1n) is 12.5. The van der Waals surface area contributed by atoms with Crippen molar-refractivity contribution in [1.82, 2.24) is 4.90 Å². The number of hydrogen-bond acceptors (Lipinski definition) is 5. The minimum Gasteiger partial charge on any atom is -0.493 e. The maximum absolute atomic E-state index is 11.2. The number of nitrogens with two attached hydrogens (primary N) is 1. The number of hydrogen-bond donors (Lipinski definition) is 1. The summed E-state index contributed by atoms with van der Waals surface area (Å²) in [7, 11) is 1.59. The van der Waals surface area contributed by atoms with E-state index in [0.29, 0.717) is 24.7 Å². The number of methoxy groups -OCH3 is 1. The summed E-state index contributed by atoms with van der Waals surface area (Å²) in [5, 5.41) is 0. The fraction of sp³-hybridized carbons (Fsp3) is 0.258. The fourth-order valence-electron chi connectivity index (χ4n) is 4.50. The lowest BCUT2D eigenvalue weighted by molar-refractivity contribution is -0.117. The molecule has 0 atom stereocenters. The van der Waals surface area contributed by atoms with E-state index in [0.717, 1.165) is 30.8 Å². The number of benzene rings is 3. The maximum atomic E-state index is 11.2. The van der Waals surface area contributed by atoms with Gasteiger partial charge in [0.2, 0.25) is 5.91 Å². The van der Waals surface area contributed by atoms with Crippen molar-refractivity contribution >= 4 is 5.91 Å². The molecule has 6 nitrogen and oxygen atoms in total. The quantitative estimate of drug-likeness (QED) is 0.235. The van der Waals surface area contributed by atoms with Crippen LogP contribution in [0.4, 0.5) is 0 Å². The lowest BCUT2D eigenvalue weighted by atomic mass is 9.90. The normalized spacial score (nSPS) is 11.1.